The van der Waals surface area contributed by atoms with Gasteiger partial charge in [-0.2, -0.15) is 0 Å². The summed E-state index contributed by atoms with van der Waals surface area (Å²) in [6, 6.07) is 3.72. The van der Waals surface area contributed by atoms with Crippen molar-refractivity contribution in [1.29, 1.82) is 0 Å². The van der Waals surface area contributed by atoms with Gasteiger partial charge >= 0.3 is 0 Å². The van der Waals surface area contributed by atoms with Gasteiger partial charge in [0.25, 0.3) is 0 Å². The molecule has 0 saturated heterocycles. The average molecular weight is 273 g/mol. The molecule has 0 fully saturated rings. The molecular weight excluding hydrogens is 252 g/mol. The van der Waals surface area contributed by atoms with Crippen molar-refractivity contribution in [3.05, 3.63) is 29.8 Å². The zero-order chi connectivity index (χ0) is 14.4. The molecule has 5 heteroatoms. The molecule has 1 aromatic rings. The second-order valence-electron chi connectivity index (χ2n) is 4.67. The molecule has 3 nitrogen and oxygen atoms in total. The van der Waals surface area contributed by atoms with Gasteiger partial charge < -0.3 is 14.7 Å². The van der Waals surface area contributed by atoms with Crippen LogP contribution in [0.1, 0.15) is 20.8 Å². The number of aliphatic hydroxyl groups excluding tert-OH is 1. The highest BCUT2D eigenvalue weighted by Crippen LogP contribution is 2.18. The summed E-state index contributed by atoms with van der Waals surface area (Å²) in [5.41, 5.74) is 0.546. The Kier molecular flexibility index (Phi) is 6.18. The van der Waals surface area contributed by atoms with E-state index in [1.54, 1.807) is 4.90 Å². The van der Waals surface area contributed by atoms with Crippen LogP contribution in [0.5, 0.6) is 0 Å². The summed E-state index contributed by atoms with van der Waals surface area (Å²) in [5, 5.41) is 9.85. The number of anilines is 1. The summed E-state index contributed by atoms with van der Waals surface area (Å²) in [6.07, 6.45) is -0.622. The summed E-state index contributed by atoms with van der Waals surface area (Å²) in [5.74, 6) is -1.76. The fourth-order valence-electron chi connectivity index (χ4n) is 1.71. The number of rotatable bonds is 7. The van der Waals surface area contributed by atoms with E-state index in [1.807, 2.05) is 20.8 Å². The van der Waals surface area contributed by atoms with Gasteiger partial charge in [-0.3, -0.25) is 0 Å². The molecule has 1 unspecified atom stereocenters. The lowest BCUT2D eigenvalue weighted by Gasteiger charge is -2.26. The van der Waals surface area contributed by atoms with Crippen molar-refractivity contribution in [2.24, 2.45) is 0 Å². The van der Waals surface area contributed by atoms with Crippen LogP contribution >= 0.6 is 0 Å². The highest BCUT2D eigenvalue weighted by atomic mass is 19.2. The van der Waals surface area contributed by atoms with Gasteiger partial charge in [0.1, 0.15) is 0 Å². The smallest absolute Gasteiger partial charge is 0.160 e. The monoisotopic (exact) mass is 273 g/mol. The molecule has 0 aliphatic rings. The maximum absolute atomic E-state index is 13.2. The van der Waals surface area contributed by atoms with Crippen molar-refractivity contribution >= 4 is 5.69 Å². The number of halogens is 2. The molecule has 0 aliphatic carbocycles. The highest BCUT2D eigenvalue weighted by molar-refractivity contribution is 5.46. The van der Waals surface area contributed by atoms with Crippen LogP contribution in [0.2, 0.25) is 0 Å². The molecule has 1 atom stereocenters. The van der Waals surface area contributed by atoms with Crippen molar-refractivity contribution in [2.75, 3.05) is 24.6 Å². The summed E-state index contributed by atoms with van der Waals surface area (Å²) >= 11 is 0. The summed E-state index contributed by atoms with van der Waals surface area (Å²) in [4.78, 5) is 1.77. The molecule has 0 radical (unpaired) electrons. The molecule has 0 bridgehead atoms. The average Bonchev–Trinajstić information content (AvgIpc) is 2.37. The first-order valence-corrected chi connectivity index (χ1v) is 6.43. The molecule has 0 saturated carbocycles. The largest absolute Gasteiger partial charge is 0.389 e. The predicted molar refractivity (Wildman–Crippen MR) is 71.3 cm³/mol. The van der Waals surface area contributed by atoms with Gasteiger partial charge in [-0.1, -0.05) is 0 Å². The number of likely N-dealkylation sites (N-methyl/N-ethyl adjacent to an activating group) is 1. The zero-order valence-corrected chi connectivity index (χ0v) is 11.6. The van der Waals surface area contributed by atoms with Crippen LogP contribution in [0.25, 0.3) is 0 Å². The number of hydrogen-bond acceptors (Lipinski definition) is 3. The van der Waals surface area contributed by atoms with Crippen LogP contribution < -0.4 is 4.90 Å². The third-order valence-electron chi connectivity index (χ3n) is 2.70. The van der Waals surface area contributed by atoms with E-state index in [0.29, 0.717) is 18.8 Å². The molecule has 0 aromatic heterocycles. The number of hydrogen-bond donors (Lipinski definition) is 1. The predicted octanol–water partition coefficient (Wildman–Crippen LogP) is 2.58. The number of benzene rings is 1. The van der Waals surface area contributed by atoms with Crippen molar-refractivity contribution < 1.29 is 18.6 Å². The molecular formula is C14H21F2NO2. The molecule has 108 valence electrons. The molecule has 1 rings (SSSR count). The Labute approximate surface area is 112 Å². The second-order valence-corrected chi connectivity index (χ2v) is 4.67. The number of ether oxygens (including phenoxy) is 1. The molecule has 19 heavy (non-hydrogen) atoms. The van der Waals surface area contributed by atoms with Gasteiger partial charge in [-0.25, -0.2) is 8.78 Å². The van der Waals surface area contributed by atoms with Gasteiger partial charge in [0.2, 0.25) is 0 Å². The lowest BCUT2D eigenvalue weighted by atomic mass is 10.2. The van der Waals surface area contributed by atoms with E-state index in [4.69, 9.17) is 4.74 Å². The van der Waals surface area contributed by atoms with E-state index in [2.05, 4.69) is 0 Å². The minimum atomic E-state index is -0.885. The first kappa shape index (κ1) is 15.9. The van der Waals surface area contributed by atoms with Crippen LogP contribution in [-0.4, -0.2) is 37.0 Å². The fourth-order valence-corrected chi connectivity index (χ4v) is 1.71. The minimum Gasteiger partial charge on any atom is -0.389 e. The van der Waals surface area contributed by atoms with E-state index in [1.165, 1.54) is 6.07 Å². The van der Waals surface area contributed by atoms with Gasteiger partial charge in [0.05, 0.1) is 18.8 Å². The Balaban J connectivity index is 2.64. The van der Waals surface area contributed by atoms with Crippen LogP contribution in [-0.2, 0) is 4.74 Å². The highest BCUT2D eigenvalue weighted by Gasteiger charge is 2.13. The topological polar surface area (TPSA) is 32.7 Å². The van der Waals surface area contributed by atoms with Crippen LogP contribution in [0.3, 0.4) is 0 Å². The molecule has 0 heterocycles. The number of nitrogens with zero attached hydrogens (tertiary/aromatic N) is 1. The second kappa shape index (κ2) is 7.40. The molecule has 1 aromatic carbocycles. The number of aliphatic hydroxyl groups is 1. The van der Waals surface area contributed by atoms with Gasteiger partial charge in [0.15, 0.2) is 11.6 Å². The molecule has 1 N–H and O–H groups in total. The first-order valence-electron chi connectivity index (χ1n) is 6.43. The third-order valence-corrected chi connectivity index (χ3v) is 2.70. The summed E-state index contributed by atoms with van der Waals surface area (Å²) < 4.78 is 31.4. The van der Waals surface area contributed by atoms with Crippen LogP contribution in [0.15, 0.2) is 18.2 Å². The summed E-state index contributed by atoms with van der Waals surface area (Å²) in [6.45, 7) is 6.78. The maximum atomic E-state index is 13.2. The molecule has 0 amide bonds. The summed E-state index contributed by atoms with van der Waals surface area (Å²) in [7, 11) is 0. The van der Waals surface area contributed by atoms with E-state index in [9.17, 15) is 13.9 Å². The van der Waals surface area contributed by atoms with E-state index >= 15 is 0 Å². The van der Waals surface area contributed by atoms with Crippen molar-refractivity contribution in [3.63, 3.8) is 0 Å². The fraction of sp³-hybridized carbons (Fsp3) is 0.571. The van der Waals surface area contributed by atoms with Crippen molar-refractivity contribution in [1.82, 2.24) is 0 Å². The van der Waals surface area contributed by atoms with E-state index < -0.39 is 17.7 Å². The Hall–Kier alpha value is -1.20. The molecule has 0 spiro atoms. The standard InChI is InChI=1S/C14H21F2NO2/c1-4-17(8-12(18)9-19-10(2)3)11-5-6-13(15)14(16)7-11/h5-7,10,12,18H,4,8-9H2,1-3H3. The van der Waals surface area contributed by atoms with Gasteiger partial charge in [0, 0.05) is 24.8 Å². The van der Waals surface area contributed by atoms with Crippen LogP contribution in [0, 0.1) is 11.6 Å². The SMILES string of the molecule is CCN(CC(O)COC(C)C)c1ccc(F)c(F)c1. The quantitative estimate of drug-likeness (QED) is 0.829. The Morgan fingerprint density at radius 3 is 2.47 bits per heavy atom. The van der Waals surface area contributed by atoms with Gasteiger partial charge in [-0.05, 0) is 32.9 Å². The first-order chi connectivity index (χ1) is 8.93. The Morgan fingerprint density at radius 2 is 1.95 bits per heavy atom. The Morgan fingerprint density at radius 1 is 1.26 bits per heavy atom. The maximum Gasteiger partial charge on any atom is 0.160 e. The van der Waals surface area contributed by atoms with Crippen molar-refractivity contribution in [2.45, 2.75) is 33.0 Å². The lowest BCUT2D eigenvalue weighted by molar-refractivity contribution is 0.00896. The molecule has 0 aliphatic heterocycles. The van der Waals surface area contributed by atoms with E-state index in [0.717, 1.165) is 12.1 Å². The van der Waals surface area contributed by atoms with Crippen molar-refractivity contribution in [3.8, 4) is 0 Å². The van der Waals surface area contributed by atoms with Crippen LogP contribution in [0.4, 0.5) is 14.5 Å². The Bertz CT molecular complexity index is 399. The normalized spacial score (nSPS) is 12.8. The van der Waals surface area contributed by atoms with E-state index in [-0.39, 0.29) is 12.7 Å². The van der Waals surface area contributed by atoms with Gasteiger partial charge in [-0.15, -0.1) is 0 Å². The lowest BCUT2D eigenvalue weighted by Crippen LogP contribution is -2.35. The zero-order valence-electron chi connectivity index (χ0n) is 11.6. The third kappa shape index (κ3) is 5.12. The minimum absolute atomic E-state index is 0.0491.